The van der Waals surface area contributed by atoms with Gasteiger partial charge >= 0.3 is 0 Å². The molecule has 6 heteroatoms. The third-order valence-corrected chi connectivity index (χ3v) is 15.8. The Morgan fingerprint density at radius 3 is 0.765 bits per heavy atom. The monoisotopic (exact) mass is 1330 g/mol. The van der Waals surface area contributed by atoms with Crippen molar-refractivity contribution < 1.29 is 1.43 Å². The molecule has 0 amide bonds. The van der Waals surface area contributed by atoms with Crippen molar-refractivity contribution in [2.45, 2.75) is 28.2 Å². The minimum atomic E-state index is 0. The second-order valence-corrected chi connectivity index (χ2v) is 23.7. The fraction of sp³-hybridized carbons (Fsp3) is 0.0435. The zero-order valence-electron chi connectivity index (χ0n) is 54.9. The third kappa shape index (κ3) is 23.7. The van der Waals surface area contributed by atoms with Crippen molar-refractivity contribution in [2.75, 3.05) is 15.1 Å². The van der Waals surface area contributed by atoms with Crippen LogP contribution in [0.4, 0.5) is 45.5 Å². The molecule has 1 N–H and O–H groups in total. The molecule has 98 heavy (non-hydrogen) atoms. The number of hydrogen-bond acceptors (Lipinski definition) is 3. The second kappa shape index (κ2) is 39.1. The van der Waals surface area contributed by atoms with Crippen LogP contribution in [-0.2, 0) is 0 Å². The molecule has 0 aliphatic rings. The molecule has 0 bridgehead atoms. The van der Waals surface area contributed by atoms with Gasteiger partial charge in [-0.3, -0.25) is 0 Å². The Bertz CT molecular complexity index is 4340. The quantitative estimate of drug-likeness (QED) is 0.0606. The summed E-state index contributed by atoms with van der Waals surface area (Å²) in [6.45, 7) is 6.33. The number of nitrogens with one attached hydrogen (secondary N) is 1. The predicted octanol–water partition coefficient (Wildman–Crippen LogP) is 28.1. The molecule has 0 saturated carbocycles. The molecule has 0 radical (unpaired) electrons. The van der Waals surface area contributed by atoms with Crippen LogP contribution < -0.4 is 15.1 Å². The zero-order valence-corrected chi connectivity index (χ0v) is 57.6. The van der Waals surface area contributed by atoms with E-state index in [4.69, 9.17) is 23.2 Å². The molecule has 0 aliphatic heterocycles. The molecular formula is C92H85Cl2N3P-. The molecule has 0 aliphatic carbocycles. The fourth-order valence-corrected chi connectivity index (χ4v) is 10.5. The lowest BCUT2D eigenvalue weighted by Crippen LogP contribution is -2.09. The van der Waals surface area contributed by atoms with Crippen molar-refractivity contribution in [3.05, 3.63) is 429 Å². The second-order valence-electron chi connectivity index (χ2n) is 22.9. The number of nitrogens with zero attached hydrogens (tertiary/aromatic N) is 2. The molecule has 12 aromatic carbocycles. The summed E-state index contributed by atoms with van der Waals surface area (Å²) in [6, 6.07) is 107. The minimum Gasteiger partial charge on any atom is -0.577 e. The average Bonchev–Trinajstić information content (AvgIpc) is 0.832. The van der Waals surface area contributed by atoms with Gasteiger partial charge in [-0.2, -0.15) is 0 Å². The van der Waals surface area contributed by atoms with Gasteiger partial charge in [-0.05, 0) is 199 Å². The first-order valence-electron chi connectivity index (χ1n) is 32.2. The van der Waals surface area contributed by atoms with E-state index >= 15 is 0 Å². The summed E-state index contributed by atoms with van der Waals surface area (Å²) in [4.78, 5) is 4.57. The van der Waals surface area contributed by atoms with E-state index in [1.54, 1.807) is 0 Å². The molecule has 0 fully saturated rings. The maximum absolute atomic E-state index is 5.90. The van der Waals surface area contributed by atoms with Crippen molar-refractivity contribution in [3.63, 3.8) is 0 Å². The number of halogens is 2. The Hall–Kier alpha value is -11.0. The van der Waals surface area contributed by atoms with Gasteiger partial charge in [0.15, 0.2) is 0 Å². The van der Waals surface area contributed by atoms with E-state index in [2.05, 4.69) is 351 Å². The summed E-state index contributed by atoms with van der Waals surface area (Å²) in [6.07, 6.45) is 33.4. The van der Waals surface area contributed by atoms with Gasteiger partial charge in [-0.1, -0.05) is 320 Å². The summed E-state index contributed by atoms with van der Waals surface area (Å²) < 4.78 is 0. The number of rotatable bonds is 20. The van der Waals surface area contributed by atoms with Crippen molar-refractivity contribution in [2.24, 2.45) is 0 Å². The standard InChI is InChI=1S/C52H44N2.C26H20Cl2.C13H13N.CH4.H2P.H2/c1-41-24-32-49(33-25-41)53(47-20-5-3-6-21-47)51-36-28-43(29-37-51)14-9-11-16-45-18-13-19-46(40-45)17-12-10-15-44-30-38-52(39-31-44)54(48-22-7-4-8-23-48)50-34-26-42(2)27-35-50;27-25-16-12-21(13-17-25)6-1-3-8-23-10-5-11-24(20-23)9-4-2-7-22-14-18-26(28)19-15-22;1-11-7-9-13(10-8-11)14-12-5-3-2-4-6-12;;;/h3-40H,1-2H3;1-20H;2-10,14H,1H3;1H4;1H2;1H/q;;;;-1;/b14-9+,15-10+,16-11+,17-12+;6-1+,7-2+,8-3+,9-4+;;;;. The summed E-state index contributed by atoms with van der Waals surface area (Å²) in [5.74, 6) is 0. The maximum atomic E-state index is 5.90. The third-order valence-electron chi connectivity index (χ3n) is 15.3. The predicted molar refractivity (Wildman–Crippen MR) is 439 cm³/mol. The highest BCUT2D eigenvalue weighted by molar-refractivity contribution is 6.92. The average molecular weight is 1330 g/mol. The topological polar surface area (TPSA) is 18.5 Å². The van der Waals surface area contributed by atoms with Crippen LogP contribution in [0.5, 0.6) is 0 Å². The first kappa shape index (κ1) is 72.8. The van der Waals surface area contributed by atoms with Gasteiger partial charge in [0.2, 0.25) is 0 Å². The number of aryl methyl sites for hydroxylation is 3. The molecule has 0 heterocycles. The molecule has 0 unspecified atom stereocenters. The Morgan fingerprint density at radius 1 is 0.245 bits per heavy atom. The molecule has 0 atom stereocenters. The zero-order chi connectivity index (χ0) is 66.4. The van der Waals surface area contributed by atoms with E-state index in [1.165, 1.54) is 16.7 Å². The lowest BCUT2D eigenvalue weighted by molar-refractivity contribution is 1.27. The summed E-state index contributed by atoms with van der Waals surface area (Å²) in [5.41, 5.74) is 22.0. The van der Waals surface area contributed by atoms with Gasteiger partial charge in [-0.25, -0.2) is 0 Å². The van der Waals surface area contributed by atoms with Crippen molar-refractivity contribution in [1.82, 2.24) is 0 Å². The highest BCUT2D eigenvalue weighted by Gasteiger charge is 2.13. The highest BCUT2D eigenvalue weighted by Crippen LogP contribution is 2.36. The molecule has 0 aromatic heterocycles. The number of hydrogen-bond donors (Lipinski definition) is 1. The maximum Gasteiger partial charge on any atom is 0.0462 e. The molecule has 12 rings (SSSR count). The summed E-state index contributed by atoms with van der Waals surface area (Å²) >= 11 is 11.8. The van der Waals surface area contributed by atoms with E-state index in [0.717, 1.165) is 100 Å². The van der Waals surface area contributed by atoms with Gasteiger partial charge in [-0.15, -0.1) is 0 Å². The van der Waals surface area contributed by atoms with Gasteiger partial charge in [0.25, 0.3) is 0 Å². The number of benzene rings is 12. The lowest BCUT2D eigenvalue weighted by Gasteiger charge is -2.25. The SMILES string of the molecule is C.Cc1ccc(N(c2ccccc2)c2ccc(/C=C/C=C/c3cccc(/C=C/C=C/c4ccc(N(c5ccccc5)c5ccc(C)cc5)cc4)c3)cc2)cc1.Cc1ccc(Nc2ccccc2)cc1.Clc1ccc(/C=C/C=C/c2cccc(/C=C/C=C/c3ccc(Cl)cc3)c2)cc1.[HH].[PH2-]. The van der Waals surface area contributed by atoms with Crippen molar-refractivity contribution >= 4 is 127 Å². The van der Waals surface area contributed by atoms with Crippen molar-refractivity contribution in [3.8, 4) is 0 Å². The Morgan fingerprint density at radius 2 is 0.469 bits per heavy atom. The fourth-order valence-electron chi connectivity index (χ4n) is 10.2. The van der Waals surface area contributed by atoms with E-state index in [-0.39, 0.29) is 18.8 Å². The summed E-state index contributed by atoms with van der Waals surface area (Å²) in [7, 11) is 0. The number of allylic oxidation sites excluding steroid dienone is 8. The molecule has 12 aromatic rings. The number of anilines is 8. The van der Waals surface area contributed by atoms with Crippen molar-refractivity contribution in [1.29, 1.82) is 0 Å². The molecule has 3 nitrogen and oxygen atoms in total. The largest absolute Gasteiger partial charge is 0.577 e. The first-order valence-corrected chi connectivity index (χ1v) is 32.9. The van der Waals surface area contributed by atoms with Crippen LogP contribution in [0.25, 0.3) is 48.6 Å². The highest BCUT2D eigenvalue weighted by atomic mass is 35.5. The minimum absolute atomic E-state index is 0. The van der Waals surface area contributed by atoms with Gasteiger partial charge in [0.05, 0.1) is 0 Å². The van der Waals surface area contributed by atoms with Crippen LogP contribution in [0.1, 0.15) is 70.1 Å². The van der Waals surface area contributed by atoms with Crippen LogP contribution in [0.2, 0.25) is 10.0 Å². The van der Waals surface area contributed by atoms with E-state index in [0.29, 0.717) is 0 Å². The normalized spacial score (nSPS) is 11.2. The van der Waals surface area contributed by atoms with Crippen LogP contribution in [0.3, 0.4) is 0 Å². The van der Waals surface area contributed by atoms with Crippen LogP contribution in [0, 0.1) is 20.8 Å². The van der Waals surface area contributed by atoms with E-state index in [9.17, 15) is 0 Å². The van der Waals surface area contributed by atoms with Gasteiger partial charge in [0.1, 0.15) is 0 Å². The summed E-state index contributed by atoms with van der Waals surface area (Å²) in [5, 5.41) is 4.83. The molecule has 0 saturated heterocycles. The van der Waals surface area contributed by atoms with E-state index < -0.39 is 0 Å². The van der Waals surface area contributed by atoms with Crippen LogP contribution in [-0.4, -0.2) is 0 Å². The first-order chi connectivity index (χ1) is 47.1. The van der Waals surface area contributed by atoms with Gasteiger partial charge in [0, 0.05) is 57.0 Å². The Labute approximate surface area is 597 Å². The van der Waals surface area contributed by atoms with E-state index in [1.807, 2.05) is 91.0 Å². The number of para-hydroxylation sites is 3. The smallest absolute Gasteiger partial charge is 0.0462 e. The molecule has 488 valence electrons. The van der Waals surface area contributed by atoms with Gasteiger partial charge < -0.3 is 25.0 Å². The lowest BCUT2D eigenvalue weighted by atomic mass is 10.1. The van der Waals surface area contributed by atoms with Crippen LogP contribution in [0.15, 0.2) is 358 Å². The van der Waals surface area contributed by atoms with Crippen LogP contribution >= 0.6 is 33.1 Å². The Kier molecular flexibility index (Phi) is 29.1. The Balaban J connectivity index is 0.000000254. The molecule has 0 spiro atoms. The molecular weight excluding hydrogens is 1250 g/mol.